The van der Waals surface area contributed by atoms with Crippen LogP contribution in [-0.2, 0) is 4.79 Å². The SMILES string of the molecule is CC(Cl)C(=O)N(C)CCO. The Labute approximate surface area is 65.6 Å². The average molecular weight is 166 g/mol. The number of nitrogens with zero attached hydrogens (tertiary/aromatic N) is 1. The van der Waals surface area contributed by atoms with E-state index in [4.69, 9.17) is 16.7 Å². The molecule has 0 aromatic heterocycles. The minimum atomic E-state index is -0.503. The monoisotopic (exact) mass is 165 g/mol. The quantitative estimate of drug-likeness (QED) is 0.601. The Morgan fingerprint density at radius 2 is 2.30 bits per heavy atom. The summed E-state index contributed by atoms with van der Waals surface area (Å²) in [5, 5.41) is 7.93. The van der Waals surface area contributed by atoms with Crippen LogP contribution in [0.15, 0.2) is 0 Å². The second-order valence-electron chi connectivity index (χ2n) is 2.10. The van der Waals surface area contributed by atoms with Crippen molar-refractivity contribution in [2.24, 2.45) is 0 Å². The molecule has 10 heavy (non-hydrogen) atoms. The molecule has 1 unspecified atom stereocenters. The van der Waals surface area contributed by atoms with Gasteiger partial charge in [-0.3, -0.25) is 4.79 Å². The number of aliphatic hydroxyl groups excluding tert-OH is 1. The molecule has 0 saturated heterocycles. The Bertz CT molecular complexity index is 116. The smallest absolute Gasteiger partial charge is 0.240 e. The summed E-state index contributed by atoms with van der Waals surface area (Å²) in [7, 11) is 1.61. The summed E-state index contributed by atoms with van der Waals surface area (Å²) >= 11 is 5.49. The van der Waals surface area contributed by atoms with E-state index in [-0.39, 0.29) is 12.5 Å². The number of halogens is 1. The fraction of sp³-hybridized carbons (Fsp3) is 0.833. The number of carbonyl (C=O) groups excluding carboxylic acids is 1. The first-order valence-corrected chi connectivity index (χ1v) is 3.53. The van der Waals surface area contributed by atoms with E-state index in [0.717, 1.165) is 0 Å². The van der Waals surface area contributed by atoms with Crippen molar-refractivity contribution in [2.75, 3.05) is 20.2 Å². The van der Waals surface area contributed by atoms with Gasteiger partial charge in [0.1, 0.15) is 5.38 Å². The molecule has 0 aliphatic carbocycles. The molecule has 0 fully saturated rings. The van der Waals surface area contributed by atoms with E-state index in [2.05, 4.69) is 0 Å². The largest absolute Gasteiger partial charge is 0.395 e. The number of amides is 1. The van der Waals surface area contributed by atoms with Crippen molar-refractivity contribution in [3.63, 3.8) is 0 Å². The molecule has 4 heteroatoms. The highest BCUT2D eigenvalue weighted by Gasteiger charge is 2.13. The number of likely N-dealkylation sites (N-methyl/N-ethyl adjacent to an activating group) is 1. The Morgan fingerprint density at radius 1 is 1.80 bits per heavy atom. The molecule has 1 atom stereocenters. The Morgan fingerprint density at radius 3 is 2.60 bits per heavy atom. The molecule has 0 rings (SSSR count). The van der Waals surface area contributed by atoms with Gasteiger partial charge in [-0.2, -0.15) is 0 Å². The fourth-order valence-corrected chi connectivity index (χ4v) is 0.730. The molecule has 60 valence electrons. The van der Waals surface area contributed by atoms with Crippen molar-refractivity contribution in [3.8, 4) is 0 Å². The number of hydrogen-bond donors (Lipinski definition) is 1. The van der Waals surface area contributed by atoms with Crippen LogP contribution in [0.2, 0.25) is 0 Å². The van der Waals surface area contributed by atoms with Crippen molar-refractivity contribution in [1.29, 1.82) is 0 Å². The molecule has 0 heterocycles. The van der Waals surface area contributed by atoms with Crippen LogP contribution in [0.5, 0.6) is 0 Å². The maximum Gasteiger partial charge on any atom is 0.240 e. The maximum atomic E-state index is 10.9. The van der Waals surface area contributed by atoms with Crippen molar-refractivity contribution in [1.82, 2.24) is 4.90 Å². The molecule has 0 aromatic carbocycles. The van der Waals surface area contributed by atoms with Gasteiger partial charge in [0.05, 0.1) is 6.61 Å². The summed E-state index contributed by atoms with van der Waals surface area (Å²) in [6, 6.07) is 0. The van der Waals surface area contributed by atoms with Crippen molar-refractivity contribution < 1.29 is 9.90 Å². The lowest BCUT2D eigenvalue weighted by atomic mass is 10.4. The van der Waals surface area contributed by atoms with Gasteiger partial charge in [-0.25, -0.2) is 0 Å². The highest BCUT2D eigenvalue weighted by Crippen LogP contribution is 1.97. The van der Waals surface area contributed by atoms with Gasteiger partial charge in [-0.1, -0.05) is 0 Å². The second-order valence-corrected chi connectivity index (χ2v) is 2.75. The third-order valence-electron chi connectivity index (χ3n) is 1.15. The van der Waals surface area contributed by atoms with Crippen LogP contribution < -0.4 is 0 Å². The Kier molecular flexibility index (Phi) is 4.40. The zero-order chi connectivity index (χ0) is 8.15. The topological polar surface area (TPSA) is 40.5 Å². The lowest BCUT2D eigenvalue weighted by Gasteiger charge is -2.16. The molecule has 0 saturated carbocycles. The van der Waals surface area contributed by atoms with E-state index < -0.39 is 5.38 Å². The third-order valence-corrected chi connectivity index (χ3v) is 1.34. The van der Waals surface area contributed by atoms with E-state index in [9.17, 15) is 4.79 Å². The van der Waals surface area contributed by atoms with Gasteiger partial charge < -0.3 is 10.0 Å². The minimum Gasteiger partial charge on any atom is -0.395 e. The molecule has 0 bridgehead atoms. The van der Waals surface area contributed by atoms with E-state index in [0.29, 0.717) is 6.54 Å². The average Bonchev–Trinajstić information content (AvgIpc) is 1.87. The standard InChI is InChI=1S/C6H12ClNO2/c1-5(7)6(10)8(2)3-4-9/h5,9H,3-4H2,1-2H3. The zero-order valence-corrected chi connectivity index (χ0v) is 6.93. The van der Waals surface area contributed by atoms with E-state index in [1.54, 1.807) is 14.0 Å². The minimum absolute atomic E-state index is 0.0220. The molecule has 0 aromatic rings. The van der Waals surface area contributed by atoms with Crippen molar-refractivity contribution in [2.45, 2.75) is 12.3 Å². The molecular weight excluding hydrogens is 154 g/mol. The second kappa shape index (κ2) is 4.52. The van der Waals surface area contributed by atoms with Gasteiger partial charge in [0.25, 0.3) is 0 Å². The van der Waals surface area contributed by atoms with Gasteiger partial charge in [0, 0.05) is 13.6 Å². The molecule has 0 spiro atoms. The number of alkyl halides is 1. The number of aliphatic hydroxyl groups is 1. The van der Waals surface area contributed by atoms with Gasteiger partial charge in [0.15, 0.2) is 0 Å². The van der Waals surface area contributed by atoms with Crippen LogP contribution in [0.1, 0.15) is 6.92 Å². The lowest BCUT2D eigenvalue weighted by Crippen LogP contribution is -2.34. The molecule has 0 aliphatic heterocycles. The zero-order valence-electron chi connectivity index (χ0n) is 6.17. The van der Waals surface area contributed by atoms with Crippen LogP contribution in [0.4, 0.5) is 0 Å². The highest BCUT2D eigenvalue weighted by atomic mass is 35.5. The highest BCUT2D eigenvalue weighted by molar-refractivity contribution is 6.30. The summed E-state index contributed by atoms with van der Waals surface area (Å²) in [5.41, 5.74) is 0. The molecule has 3 nitrogen and oxygen atoms in total. The van der Waals surface area contributed by atoms with E-state index >= 15 is 0 Å². The van der Waals surface area contributed by atoms with Gasteiger partial charge in [-0.05, 0) is 6.92 Å². The molecule has 0 aliphatic rings. The third kappa shape index (κ3) is 3.03. The summed E-state index contributed by atoms with van der Waals surface area (Å²) in [6.07, 6.45) is 0. The van der Waals surface area contributed by atoms with Crippen LogP contribution in [-0.4, -0.2) is 41.5 Å². The molecule has 0 radical (unpaired) electrons. The van der Waals surface area contributed by atoms with Crippen LogP contribution in [0, 0.1) is 0 Å². The summed E-state index contributed by atoms with van der Waals surface area (Å²) in [4.78, 5) is 12.3. The first-order valence-electron chi connectivity index (χ1n) is 3.09. The normalized spacial score (nSPS) is 12.8. The number of carbonyl (C=O) groups is 1. The van der Waals surface area contributed by atoms with Gasteiger partial charge in [-0.15, -0.1) is 11.6 Å². The lowest BCUT2D eigenvalue weighted by molar-refractivity contribution is -0.129. The fourth-order valence-electron chi connectivity index (χ4n) is 0.564. The van der Waals surface area contributed by atoms with E-state index in [1.807, 2.05) is 0 Å². The Balaban J connectivity index is 3.71. The van der Waals surface area contributed by atoms with Gasteiger partial charge >= 0.3 is 0 Å². The summed E-state index contributed by atoms with van der Waals surface area (Å²) in [5.74, 6) is -0.157. The molecule has 1 amide bonds. The maximum absolute atomic E-state index is 10.9. The van der Waals surface area contributed by atoms with Gasteiger partial charge in [0.2, 0.25) is 5.91 Å². The first kappa shape index (κ1) is 9.72. The Hall–Kier alpha value is -0.280. The predicted molar refractivity (Wildman–Crippen MR) is 40.0 cm³/mol. The van der Waals surface area contributed by atoms with Crippen molar-refractivity contribution >= 4 is 17.5 Å². The number of hydrogen-bond acceptors (Lipinski definition) is 2. The number of rotatable bonds is 3. The van der Waals surface area contributed by atoms with E-state index in [1.165, 1.54) is 4.90 Å². The molecule has 1 N–H and O–H groups in total. The van der Waals surface area contributed by atoms with Crippen molar-refractivity contribution in [3.05, 3.63) is 0 Å². The first-order chi connectivity index (χ1) is 4.59. The van der Waals surface area contributed by atoms with Crippen LogP contribution in [0.25, 0.3) is 0 Å². The van der Waals surface area contributed by atoms with Crippen LogP contribution >= 0.6 is 11.6 Å². The summed E-state index contributed by atoms with van der Waals surface area (Å²) in [6.45, 7) is 1.93. The predicted octanol–water partition coefficient (Wildman–Crippen LogP) is 0.0644. The van der Waals surface area contributed by atoms with Crippen LogP contribution in [0.3, 0.4) is 0 Å². The molecular formula is C6H12ClNO2. The summed E-state index contributed by atoms with van der Waals surface area (Å²) < 4.78 is 0.